The van der Waals surface area contributed by atoms with Crippen LogP contribution in [0.2, 0.25) is 0 Å². The molecule has 0 aliphatic carbocycles. The number of aryl methyl sites for hydroxylation is 2. The molecule has 0 unspecified atom stereocenters. The fourth-order valence-corrected chi connectivity index (χ4v) is 3.96. The van der Waals surface area contributed by atoms with Crippen LogP contribution in [0.25, 0.3) is 21.8 Å². The maximum atomic E-state index is 13.7. The van der Waals surface area contributed by atoms with Gasteiger partial charge in [0.15, 0.2) is 5.82 Å². The molecule has 6 nitrogen and oxygen atoms in total. The van der Waals surface area contributed by atoms with E-state index in [0.717, 1.165) is 33.1 Å². The Balaban J connectivity index is 1.57. The molecule has 0 saturated heterocycles. The normalized spacial score (nSPS) is 10.9. The summed E-state index contributed by atoms with van der Waals surface area (Å²) in [7, 11) is 1.92. The summed E-state index contributed by atoms with van der Waals surface area (Å²) in [5.74, 6) is -2.71. The number of nitrogens with zero attached hydrogens (tertiary/aromatic N) is 4. The second kappa shape index (κ2) is 7.51. The number of aromatic nitrogens is 4. The number of halogens is 2. The SMILES string of the molecule is Cc1sc(-c2cncn2C)cc1-c1cnc(NC(=O)c2c(F)cccc2F)cn1. The second-order valence-electron chi connectivity index (χ2n) is 6.31. The highest BCUT2D eigenvalue weighted by Crippen LogP contribution is 2.35. The number of nitrogens with one attached hydrogen (secondary N) is 1. The van der Waals surface area contributed by atoms with Gasteiger partial charge < -0.3 is 9.88 Å². The fraction of sp³-hybridized carbons (Fsp3) is 0.100. The average Bonchev–Trinajstić information content (AvgIpc) is 3.27. The van der Waals surface area contributed by atoms with Gasteiger partial charge in [0, 0.05) is 17.5 Å². The zero-order chi connectivity index (χ0) is 20.5. The minimum absolute atomic E-state index is 0.0983. The summed E-state index contributed by atoms with van der Waals surface area (Å²) < 4.78 is 29.4. The number of rotatable bonds is 4. The van der Waals surface area contributed by atoms with Crippen molar-refractivity contribution in [3.8, 4) is 21.8 Å². The summed E-state index contributed by atoms with van der Waals surface area (Å²) >= 11 is 1.61. The van der Waals surface area contributed by atoms with Gasteiger partial charge in [-0.05, 0) is 25.1 Å². The van der Waals surface area contributed by atoms with Crippen molar-refractivity contribution in [3.05, 3.63) is 71.3 Å². The number of hydrogen-bond acceptors (Lipinski definition) is 5. The van der Waals surface area contributed by atoms with E-state index in [1.807, 2.05) is 24.6 Å². The van der Waals surface area contributed by atoms with Gasteiger partial charge in [0.2, 0.25) is 0 Å². The molecule has 0 saturated carbocycles. The van der Waals surface area contributed by atoms with Crippen LogP contribution < -0.4 is 5.32 Å². The Hall–Kier alpha value is -3.46. The third kappa shape index (κ3) is 3.64. The molecule has 0 aliphatic heterocycles. The highest BCUT2D eigenvalue weighted by atomic mass is 32.1. The van der Waals surface area contributed by atoms with E-state index in [-0.39, 0.29) is 5.82 Å². The van der Waals surface area contributed by atoms with Crippen LogP contribution in [0.5, 0.6) is 0 Å². The molecule has 3 aromatic heterocycles. The number of amides is 1. The van der Waals surface area contributed by atoms with Crippen molar-refractivity contribution < 1.29 is 13.6 Å². The van der Waals surface area contributed by atoms with Crippen molar-refractivity contribution in [2.24, 2.45) is 7.05 Å². The van der Waals surface area contributed by atoms with E-state index in [1.165, 1.54) is 18.5 Å². The summed E-state index contributed by atoms with van der Waals surface area (Å²) in [4.78, 5) is 26.9. The van der Waals surface area contributed by atoms with Crippen LogP contribution in [0, 0.1) is 18.6 Å². The van der Waals surface area contributed by atoms with E-state index in [4.69, 9.17) is 0 Å². The van der Waals surface area contributed by atoms with Gasteiger partial charge in [-0.2, -0.15) is 0 Å². The largest absolute Gasteiger partial charge is 0.333 e. The number of thiophene rings is 1. The highest BCUT2D eigenvalue weighted by molar-refractivity contribution is 7.15. The molecular formula is C20H15F2N5OS. The summed E-state index contributed by atoms with van der Waals surface area (Å²) in [6.45, 7) is 1.98. The smallest absolute Gasteiger partial charge is 0.262 e. The molecule has 0 atom stereocenters. The fourth-order valence-electron chi connectivity index (χ4n) is 2.88. The van der Waals surface area contributed by atoms with Crippen molar-refractivity contribution in [2.75, 3.05) is 5.32 Å². The highest BCUT2D eigenvalue weighted by Gasteiger charge is 2.18. The molecule has 1 amide bonds. The lowest BCUT2D eigenvalue weighted by molar-refractivity contribution is 0.101. The number of imidazole rings is 1. The Morgan fingerprint density at radius 1 is 1.14 bits per heavy atom. The van der Waals surface area contributed by atoms with E-state index in [9.17, 15) is 13.6 Å². The summed E-state index contributed by atoms with van der Waals surface area (Å²) in [5, 5.41) is 2.37. The average molecular weight is 411 g/mol. The van der Waals surface area contributed by atoms with Crippen LogP contribution in [0.1, 0.15) is 15.2 Å². The van der Waals surface area contributed by atoms with Gasteiger partial charge in [0.05, 0.1) is 41.2 Å². The Morgan fingerprint density at radius 2 is 1.90 bits per heavy atom. The van der Waals surface area contributed by atoms with Gasteiger partial charge in [-0.3, -0.25) is 9.78 Å². The monoisotopic (exact) mass is 411 g/mol. The molecule has 29 heavy (non-hydrogen) atoms. The molecule has 0 radical (unpaired) electrons. The van der Waals surface area contributed by atoms with Gasteiger partial charge in [0.1, 0.15) is 17.2 Å². The maximum absolute atomic E-state index is 13.7. The first kappa shape index (κ1) is 18.9. The lowest BCUT2D eigenvalue weighted by Gasteiger charge is -2.07. The lowest BCUT2D eigenvalue weighted by Crippen LogP contribution is -2.16. The van der Waals surface area contributed by atoms with E-state index in [2.05, 4.69) is 20.3 Å². The van der Waals surface area contributed by atoms with Crippen LogP contribution in [0.3, 0.4) is 0 Å². The summed E-state index contributed by atoms with van der Waals surface area (Å²) in [6.07, 6.45) is 6.39. The number of carbonyl (C=O) groups excluding carboxylic acids is 1. The topological polar surface area (TPSA) is 72.7 Å². The molecule has 4 aromatic rings. The van der Waals surface area contributed by atoms with Gasteiger partial charge in [0.25, 0.3) is 5.91 Å². The molecule has 0 fully saturated rings. The third-order valence-corrected chi connectivity index (χ3v) is 5.42. The second-order valence-corrected chi connectivity index (χ2v) is 7.56. The maximum Gasteiger partial charge on any atom is 0.262 e. The molecule has 1 aromatic carbocycles. The van der Waals surface area contributed by atoms with Crippen LogP contribution in [-0.2, 0) is 7.05 Å². The van der Waals surface area contributed by atoms with E-state index in [1.54, 1.807) is 23.9 Å². The first-order valence-electron chi connectivity index (χ1n) is 8.59. The molecular weight excluding hydrogens is 396 g/mol. The van der Waals surface area contributed by atoms with Crippen LogP contribution in [-0.4, -0.2) is 25.4 Å². The van der Waals surface area contributed by atoms with Crippen molar-refractivity contribution >= 4 is 23.1 Å². The Kier molecular flexibility index (Phi) is 4.89. The van der Waals surface area contributed by atoms with Gasteiger partial charge in [-0.1, -0.05) is 6.07 Å². The third-order valence-electron chi connectivity index (χ3n) is 4.35. The Bertz CT molecular complexity index is 1180. The van der Waals surface area contributed by atoms with Gasteiger partial charge in [-0.15, -0.1) is 11.3 Å². The van der Waals surface area contributed by atoms with E-state index >= 15 is 0 Å². The van der Waals surface area contributed by atoms with Crippen LogP contribution >= 0.6 is 11.3 Å². The summed E-state index contributed by atoms with van der Waals surface area (Å²) in [5.41, 5.74) is 1.87. The van der Waals surface area contributed by atoms with E-state index < -0.39 is 23.1 Å². The zero-order valence-electron chi connectivity index (χ0n) is 15.5. The standard InChI is InChI=1S/C20H15F2N5OS/c1-11-12(6-17(29-11)16-8-23-10-27(16)2)15-7-25-18(9-24-15)26-20(28)19-13(21)4-3-5-14(19)22/h3-10H,1-2H3,(H,25,26,28). The molecule has 0 spiro atoms. The molecule has 0 bridgehead atoms. The lowest BCUT2D eigenvalue weighted by atomic mass is 10.2. The Morgan fingerprint density at radius 3 is 2.52 bits per heavy atom. The molecule has 9 heteroatoms. The first-order chi connectivity index (χ1) is 13.9. The minimum Gasteiger partial charge on any atom is -0.333 e. The number of hydrogen-bond donors (Lipinski definition) is 1. The van der Waals surface area contributed by atoms with E-state index in [0.29, 0.717) is 5.69 Å². The molecule has 3 heterocycles. The molecule has 146 valence electrons. The quantitative estimate of drug-likeness (QED) is 0.539. The van der Waals surface area contributed by atoms with Crippen LogP contribution in [0.15, 0.2) is 49.2 Å². The molecule has 0 aliphatic rings. The van der Waals surface area contributed by atoms with Crippen molar-refractivity contribution in [1.29, 1.82) is 0 Å². The van der Waals surface area contributed by atoms with Crippen molar-refractivity contribution in [3.63, 3.8) is 0 Å². The number of benzene rings is 1. The molecule has 1 N–H and O–H groups in total. The Labute approximate surface area is 168 Å². The minimum atomic E-state index is -0.941. The number of carbonyl (C=O) groups is 1. The van der Waals surface area contributed by atoms with Crippen molar-refractivity contribution in [2.45, 2.75) is 6.92 Å². The first-order valence-corrected chi connectivity index (χ1v) is 9.40. The number of anilines is 1. The summed E-state index contributed by atoms with van der Waals surface area (Å²) in [6, 6.07) is 5.24. The van der Waals surface area contributed by atoms with Crippen molar-refractivity contribution in [1.82, 2.24) is 19.5 Å². The molecule has 4 rings (SSSR count). The predicted octanol–water partition coefficient (Wildman–Crippen LogP) is 4.44. The predicted molar refractivity (Wildman–Crippen MR) is 107 cm³/mol. The van der Waals surface area contributed by atoms with Crippen LogP contribution in [0.4, 0.5) is 14.6 Å². The van der Waals surface area contributed by atoms with Gasteiger partial charge in [-0.25, -0.2) is 18.7 Å². The zero-order valence-corrected chi connectivity index (χ0v) is 16.3. The van der Waals surface area contributed by atoms with Gasteiger partial charge >= 0.3 is 0 Å².